The molecule has 1 heterocycles. The molecular formula is C13H10F4N2O. The molecule has 1 aromatic carbocycles. The molecule has 3 nitrogen and oxygen atoms in total. The Balaban J connectivity index is 2.54. The highest BCUT2D eigenvalue weighted by Gasteiger charge is 2.34. The Kier molecular flexibility index (Phi) is 3.52. The summed E-state index contributed by atoms with van der Waals surface area (Å²) in [6.07, 6.45) is -4.70. The van der Waals surface area contributed by atoms with Gasteiger partial charge in [-0.15, -0.1) is 0 Å². The Bertz CT molecular complexity index is 692. The van der Waals surface area contributed by atoms with Crippen LogP contribution >= 0.6 is 0 Å². The summed E-state index contributed by atoms with van der Waals surface area (Å²) in [6.45, 7) is -0.536. The van der Waals surface area contributed by atoms with Gasteiger partial charge in [0.25, 0.3) is 5.56 Å². The van der Waals surface area contributed by atoms with E-state index in [0.29, 0.717) is 4.57 Å². The van der Waals surface area contributed by atoms with Crippen LogP contribution in [-0.4, -0.2) is 4.57 Å². The summed E-state index contributed by atoms with van der Waals surface area (Å²) in [5.41, 5.74) is 3.10. The topological polar surface area (TPSA) is 48.0 Å². The van der Waals surface area contributed by atoms with Crippen LogP contribution in [-0.2, 0) is 12.7 Å². The number of hydrogen-bond donors (Lipinski definition) is 1. The van der Waals surface area contributed by atoms with Gasteiger partial charge in [-0.25, -0.2) is 4.39 Å². The maximum Gasteiger partial charge on any atom is 0.431 e. The molecule has 0 aliphatic heterocycles. The van der Waals surface area contributed by atoms with Crippen LogP contribution in [0, 0.1) is 5.82 Å². The zero-order valence-corrected chi connectivity index (χ0v) is 10.1. The van der Waals surface area contributed by atoms with Gasteiger partial charge in [0.15, 0.2) is 5.82 Å². The first-order valence-corrected chi connectivity index (χ1v) is 5.60. The van der Waals surface area contributed by atoms with Crippen molar-refractivity contribution in [3.8, 4) is 0 Å². The highest BCUT2D eigenvalue weighted by molar-refractivity contribution is 5.43. The van der Waals surface area contributed by atoms with Gasteiger partial charge in [-0.1, -0.05) is 18.2 Å². The van der Waals surface area contributed by atoms with Gasteiger partial charge in [-0.2, -0.15) is 13.2 Å². The van der Waals surface area contributed by atoms with Crippen LogP contribution in [0.15, 0.2) is 41.2 Å². The third-order valence-electron chi connectivity index (χ3n) is 2.78. The van der Waals surface area contributed by atoms with Crippen LogP contribution < -0.4 is 11.3 Å². The van der Waals surface area contributed by atoms with Crippen molar-refractivity contribution in [2.75, 3.05) is 5.73 Å². The second kappa shape index (κ2) is 4.99. The lowest BCUT2D eigenvalue weighted by Gasteiger charge is -2.15. The molecule has 0 unspecified atom stereocenters. The number of halogens is 4. The Morgan fingerprint density at radius 1 is 1.10 bits per heavy atom. The van der Waals surface area contributed by atoms with Crippen LogP contribution in [0.1, 0.15) is 11.3 Å². The van der Waals surface area contributed by atoms with E-state index in [2.05, 4.69) is 0 Å². The average molecular weight is 286 g/mol. The molecule has 0 spiro atoms. The smallest absolute Gasteiger partial charge is 0.396 e. The first-order chi connectivity index (χ1) is 9.30. The first kappa shape index (κ1) is 14.1. The van der Waals surface area contributed by atoms with Crippen molar-refractivity contribution in [1.82, 2.24) is 4.57 Å². The molecular weight excluding hydrogens is 276 g/mol. The molecule has 2 rings (SSSR count). The highest BCUT2D eigenvalue weighted by atomic mass is 19.4. The van der Waals surface area contributed by atoms with Crippen molar-refractivity contribution in [3.05, 3.63) is 63.8 Å². The quantitative estimate of drug-likeness (QED) is 0.681. The van der Waals surface area contributed by atoms with E-state index in [9.17, 15) is 22.4 Å². The molecule has 20 heavy (non-hydrogen) atoms. The van der Waals surface area contributed by atoms with Gasteiger partial charge in [-0.05, 0) is 12.1 Å². The van der Waals surface area contributed by atoms with Crippen molar-refractivity contribution in [3.63, 3.8) is 0 Å². The molecule has 0 fully saturated rings. The van der Waals surface area contributed by atoms with Crippen molar-refractivity contribution in [1.29, 1.82) is 0 Å². The molecule has 1 aromatic heterocycles. The molecule has 0 saturated heterocycles. The number of alkyl halides is 3. The van der Waals surface area contributed by atoms with E-state index in [4.69, 9.17) is 5.73 Å². The Morgan fingerprint density at radius 2 is 1.75 bits per heavy atom. The number of pyridine rings is 1. The van der Waals surface area contributed by atoms with Gasteiger partial charge >= 0.3 is 6.18 Å². The summed E-state index contributed by atoms with van der Waals surface area (Å²) in [4.78, 5) is 11.6. The van der Waals surface area contributed by atoms with E-state index in [0.717, 1.165) is 18.2 Å². The van der Waals surface area contributed by atoms with Crippen molar-refractivity contribution >= 4 is 5.69 Å². The minimum atomic E-state index is -4.70. The Labute approximate surface area is 111 Å². The number of benzene rings is 1. The lowest BCUT2D eigenvalue weighted by molar-refractivity contribution is -0.144. The molecule has 0 atom stereocenters. The average Bonchev–Trinajstić information content (AvgIpc) is 2.36. The number of nitrogen functional groups attached to an aromatic ring is 1. The first-order valence-electron chi connectivity index (χ1n) is 5.60. The van der Waals surface area contributed by atoms with Crippen LogP contribution in [0.25, 0.3) is 0 Å². The number of nitrogens with zero attached hydrogens (tertiary/aromatic N) is 1. The second-order valence-electron chi connectivity index (χ2n) is 4.15. The van der Waals surface area contributed by atoms with Gasteiger partial charge < -0.3 is 5.73 Å². The monoisotopic (exact) mass is 286 g/mol. The zero-order chi connectivity index (χ0) is 14.9. The van der Waals surface area contributed by atoms with Crippen molar-refractivity contribution in [2.45, 2.75) is 12.7 Å². The van der Waals surface area contributed by atoms with E-state index in [1.807, 2.05) is 0 Å². The summed E-state index contributed by atoms with van der Waals surface area (Å²) in [5.74, 6) is -0.823. The summed E-state index contributed by atoms with van der Waals surface area (Å²) in [5, 5.41) is 0. The Hall–Kier alpha value is -2.31. The van der Waals surface area contributed by atoms with E-state index in [1.165, 1.54) is 18.2 Å². The van der Waals surface area contributed by atoms with Gasteiger partial charge in [0.2, 0.25) is 0 Å². The standard InChI is InChI=1S/C13H10F4N2O/c14-12-8(3-1-4-9(12)18)7-19-10(13(15,16)17)5-2-6-11(19)20/h1-6H,7,18H2. The van der Waals surface area contributed by atoms with Crippen molar-refractivity contribution < 1.29 is 17.6 Å². The van der Waals surface area contributed by atoms with Crippen LogP contribution in [0.2, 0.25) is 0 Å². The number of anilines is 1. The fourth-order valence-electron chi connectivity index (χ4n) is 1.82. The van der Waals surface area contributed by atoms with E-state index in [1.54, 1.807) is 0 Å². The summed E-state index contributed by atoms with van der Waals surface area (Å²) < 4.78 is 52.7. The summed E-state index contributed by atoms with van der Waals surface area (Å²) >= 11 is 0. The van der Waals surface area contributed by atoms with E-state index >= 15 is 0 Å². The molecule has 0 aliphatic carbocycles. The molecule has 0 radical (unpaired) electrons. The zero-order valence-electron chi connectivity index (χ0n) is 10.1. The molecule has 2 aromatic rings. The second-order valence-corrected chi connectivity index (χ2v) is 4.15. The fraction of sp³-hybridized carbons (Fsp3) is 0.154. The number of rotatable bonds is 2. The van der Waals surface area contributed by atoms with Gasteiger partial charge in [0.1, 0.15) is 5.69 Å². The molecule has 106 valence electrons. The SMILES string of the molecule is Nc1cccc(Cn2c(C(F)(F)F)cccc2=O)c1F. The third-order valence-corrected chi connectivity index (χ3v) is 2.78. The van der Waals surface area contributed by atoms with E-state index in [-0.39, 0.29) is 11.3 Å². The predicted molar refractivity (Wildman–Crippen MR) is 65.6 cm³/mol. The maximum atomic E-state index is 13.7. The fourth-order valence-corrected chi connectivity index (χ4v) is 1.82. The van der Waals surface area contributed by atoms with Crippen molar-refractivity contribution in [2.24, 2.45) is 0 Å². The van der Waals surface area contributed by atoms with Crippen LogP contribution in [0.4, 0.5) is 23.2 Å². The predicted octanol–water partition coefficient (Wildman–Crippen LogP) is 2.64. The molecule has 0 aliphatic rings. The minimum Gasteiger partial charge on any atom is -0.396 e. The molecule has 0 saturated carbocycles. The van der Waals surface area contributed by atoms with E-state index < -0.39 is 29.8 Å². The molecule has 7 heteroatoms. The summed E-state index contributed by atoms with van der Waals surface area (Å²) in [6, 6.07) is 6.75. The molecule has 2 N–H and O–H groups in total. The number of aromatic nitrogens is 1. The molecule has 0 bridgehead atoms. The Morgan fingerprint density at radius 3 is 2.40 bits per heavy atom. The van der Waals surface area contributed by atoms with Gasteiger partial charge in [-0.3, -0.25) is 9.36 Å². The van der Waals surface area contributed by atoms with Gasteiger partial charge in [0.05, 0.1) is 12.2 Å². The van der Waals surface area contributed by atoms with Crippen LogP contribution in [0.3, 0.4) is 0 Å². The summed E-state index contributed by atoms with van der Waals surface area (Å²) in [7, 11) is 0. The van der Waals surface area contributed by atoms with Gasteiger partial charge in [0, 0.05) is 11.6 Å². The largest absolute Gasteiger partial charge is 0.431 e. The number of nitrogens with two attached hydrogens (primary N) is 1. The highest BCUT2D eigenvalue weighted by Crippen LogP contribution is 2.28. The normalized spacial score (nSPS) is 11.6. The maximum absolute atomic E-state index is 13.7. The number of hydrogen-bond acceptors (Lipinski definition) is 2. The minimum absolute atomic E-state index is 0.0798. The van der Waals surface area contributed by atoms with Crippen LogP contribution in [0.5, 0.6) is 0 Å². The molecule has 0 amide bonds. The lowest BCUT2D eigenvalue weighted by atomic mass is 10.1. The lowest BCUT2D eigenvalue weighted by Crippen LogP contribution is -2.28. The third kappa shape index (κ3) is 2.66.